The van der Waals surface area contributed by atoms with Crippen molar-refractivity contribution in [2.24, 2.45) is 0 Å². The molecule has 0 bridgehead atoms. The lowest BCUT2D eigenvalue weighted by Crippen LogP contribution is -2.28. The fourth-order valence-corrected chi connectivity index (χ4v) is 3.07. The lowest BCUT2D eigenvalue weighted by molar-refractivity contribution is 0.0932. The lowest BCUT2D eigenvalue weighted by Gasteiger charge is -2.14. The van der Waals surface area contributed by atoms with Gasteiger partial charge in [0.1, 0.15) is 5.69 Å². The number of nitriles is 1. The molecule has 1 aromatic carbocycles. The van der Waals surface area contributed by atoms with Crippen molar-refractivity contribution in [1.29, 1.82) is 5.26 Å². The number of halogens is 1. The van der Waals surface area contributed by atoms with Crippen molar-refractivity contribution in [3.8, 4) is 6.07 Å². The van der Waals surface area contributed by atoms with Gasteiger partial charge in [0.15, 0.2) is 0 Å². The van der Waals surface area contributed by atoms with E-state index in [9.17, 15) is 4.79 Å². The minimum atomic E-state index is -0.271. The number of carbonyl (C=O) groups excluding carboxylic acids is 1. The first-order valence-electron chi connectivity index (χ1n) is 7.04. The summed E-state index contributed by atoms with van der Waals surface area (Å²) in [5, 5.41) is 12.3. The Morgan fingerprint density at radius 1 is 1.45 bits per heavy atom. The van der Waals surface area contributed by atoms with Crippen molar-refractivity contribution in [2.75, 3.05) is 0 Å². The number of pyridine rings is 1. The molecule has 5 heteroatoms. The maximum atomic E-state index is 12.4. The van der Waals surface area contributed by atoms with E-state index in [-0.39, 0.29) is 17.6 Å². The highest BCUT2D eigenvalue weighted by Gasteiger charge is 2.25. The van der Waals surface area contributed by atoms with Crippen molar-refractivity contribution >= 4 is 17.5 Å². The Labute approximate surface area is 133 Å². The second kappa shape index (κ2) is 5.78. The third kappa shape index (κ3) is 2.68. The first-order chi connectivity index (χ1) is 10.6. The van der Waals surface area contributed by atoms with Crippen molar-refractivity contribution in [1.82, 2.24) is 10.3 Å². The van der Waals surface area contributed by atoms with E-state index < -0.39 is 0 Å². The predicted octanol–water partition coefficient (Wildman–Crippen LogP) is 3.33. The molecule has 0 spiro atoms. The van der Waals surface area contributed by atoms with Crippen LogP contribution >= 0.6 is 11.6 Å². The molecule has 1 atom stereocenters. The Kier molecular flexibility index (Phi) is 3.82. The first-order valence-corrected chi connectivity index (χ1v) is 7.42. The number of amides is 1. The van der Waals surface area contributed by atoms with Crippen molar-refractivity contribution in [3.05, 3.63) is 63.4 Å². The summed E-state index contributed by atoms with van der Waals surface area (Å²) in [6, 6.07) is 9.38. The van der Waals surface area contributed by atoms with Crippen LogP contribution in [-0.2, 0) is 6.42 Å². The van der Waals surface area contributed by atoms with Crippen molar-refractivity contribution in [3.63, 3.8) is 0 Å². The van der Waals surface area contributed by atoms with Crippen LogP contribution in [0.1, 0.15) is 45.2 Å². The third-order valence-electron chi connectivity index (χ3n) is 3.85. The summed E-state index contributed by atoms with van der Waals surface area (Å²) in [4.78, 5) is 16.5. The summed E-state index contributed by atoms with van der Waals surface area (Å²) in [5.41, 5.74) is 3.99. The van der Waals surface area contributed by atoms with E-state index in [1.54, 1.807) is 18.3 Å². The van der Waals surface area contributed by atoms with Crippen LogP contribution < -0.4 is 5.32 Å². The Morgan fingerprint density at radius 3 is 3.00 bits per heavy atom. The average molecular weight is 312 g/mol. The fraction of sp³-hybridized carbons (Fsp3) is 0.235. The molecule has 1 aliphatic rings. The quantitative estimate of drug-likeness (QED) is 0.925. The van der Waals surface area contributed by atoms with Gasteiger partial charge in [-0.25, -0.2) is 4.98 Å². The smallest absolute Gasteiger partial charge is 0.271 e. The van der Waals surface area contributed by atoms with Gasteiger partial charge < -0.3 is 5.32 Å². The van der Waals surface area contributed by atoms with Crippen LogP contribution in [0.5, 0.6) is 0 Å². The van der Waals surface area contributed by atoms with Gasteiger partial charge in [-0.05, 0) is 54.7 Å². The van der Waals surface area contributed by atoms with E-state index in [1.165, 1.54) is 0 Å². The zero-order chi connectivity index (χ0) is 15.7. The number of hydrogen-bond acceptors (Lipinski definition) is 3. The molecule has 0 radical (unpaired) electrons. The van der Waals surface area contributed by atoms with Gasteiger partial charge in [-0.15, -0.1) is 0 Å². The van der Waals surface area contributed by atoms with Crippen LogP contribution in [0.3, 0.4) is 0 Å². The highest BCUT2D eigenvalue weighted by molar-refractivity contribution is 6.33. The highest BCUT2D eigenvalue weighted by atomic mass is 35.5. The van der Waals surface area contributed by atoms with Crippen LogP contribution in [0.2, 0.25) is 5.02 Å². The fourth-order valence-electron chi connectivity index (χ4n) is 2.76. The predicted molar refractivity (Wildman–Crippen MR) is 83.7 cm³/mol. The van der Waals surface area contributed by atoms with Gasteiger partial charge in [-0.2, -0.15) is 5.26 Å². The van der Waals surface area contributed by atoms with Gasteiger partial charge in [0.25, 0.3) is 5.91 Å². The van der Waals surface area contributed by atoms with Gasteiger partial charge in [0, 0.05) is 6.20 Å². The van der Waals surface area contributed by atoms with Crippen LogP contribution in [0.15, 0.2) is 30.5 Å². The standard InChI is InChI=1S/C17H14ClN3O/c1-10-6-14(18)16(20-9-10)17(22)21-15-5-3-12-7-11(8-19)2-4-13(12)15/h2,4,6-7,9,15H,3,5H2,1H3,(H,21,22)/t15-/m1/s1. The summed E-state index contributed by atoms with van der Waals surface area (Å²) in [6.45, 7) is 1.88. The second-order valence-corrected chi connectivity index (χ2v) is 5.84. The normalized spacial score (nSPS) is 16.0. The van der Waals surface area contributed by atoms with Crippen LogP contribution in [0, 0.1) is 18.3 Å². The molecule has 2 aromatic rings. The van der Waals surface area contributed by atoms with E-state index in [1.807, 2.05) is 19.1 Å². The molecule has 0 saturated heterocycles. The zero-order valence-corrected chi connectivity index (χ0v) is 12.8. The molecular weight excluding hydrogens is 298 g/mol. The van der Waals surface area contributed by atoms with Crippen LogP contribution in [0.4, 0.5) is 0 Å². The topological polar surface area (TPSA) is 65.8 Å². The van der Waals surface area contributed by atoms with Crippen molar-refractivity contribution in [2.45, 2.75) is 25.8 Å². The number of aromatic nitrogens is 1. The van der Waals surface area contributed by atoms with E-state index in [2.05, 4.69) is 16.4 Å². The van der Waals surface area contributed by atoms with E-state index in [0.29, 0.717) is 10.6 Å². The number of nitrogens with one attached hydrogen (secondary N) is 1. The average Bonchev–Trinajstić information content (AvgIpc) is 2.89. The van der Waals surface area contributed by atoms with Gasteiger partial charge in [0.05, 0.1) is 22.7 Å². The second-order valence-electron chi connectivity index (χ2n) is 5.43. The molecule has 0 aliphatic heterocycles. The molecular formula is C17H14ClN3O. The molecule has 1 N–H and O–H groups in total. The maximum absolute atomic E-state index is 12.4. The summed E-state index contributed by atoms with van der Waals surface area (Å²) < 4.78 is 0. The molecule has 1 aliphatic carbocycles. The molecule has 0 saturated carbocycles. The van der Waals surface area contributed by atoms with Crippen molar-refractivity contribution < 1.29 is 4.79 Å². The SMILES string of the molecule is Cc1cnc(C(=O)N[C@@H]2CCc3cc(C#N)ccc32)c(Cl)c1. The molecule has 22 heavy (non-hydrogen) atoms. The Morgan fingerprint density at radius 2 is 2.27 bits per heavy atom. The largest absolute Gasteiger partial charge is 0.344 e. The Hall–Kier alpha value is -2.38. The number of fused-ring (bicyclic) bond motifs is 1. The van der Waals surface area contributed by atoms with Crippen LogP contribution in [-0.4, -0.2) is 10.9 Å². The van der Waals surface area contributed by atoms with E-state index in [0.717, 1.165) is 29.5 Å². The molecule has 1 aromatic heterocycles. The summed E-state index contributed by atoms with van der Waals surface area (Å²) in [6.07, 6.45) is 3.30. The molecule has 1 amide bonds. The molecule has 1 heterocycles. The van der Waals surface area contributed by atoms with Crippen LogP contribution in [0.25, 0.3) is 0 Å². The number of carbonyl (C=O) groups is 1. The van der Waals surface area contributed by atoms with Gasteiger partial charge in [0.2, 0.25) is 0 Å². The summed E-state index contributed by atoms with van der Waals surface area (Å²) in [5.74, 6) is -0.271. The number of hydrogen-bond donors (Lipinski definition) is 1. The minimum absolute atomic E-state index is 0.0607. The first kappa shape index (κ1) is 14.6. The number of benzene rings is 1. The number of rotatable bonds is 2. The molecule has 3 rings (SSSR count). The summed E-state index contributed by atoms with van der Waals surface area (Å²) >= 11 is 6.09. The molecule has 0 fully saturated rings. The summed E-state index contributed by atoms with van der Waals surface area (Å²) in [7, 11) is 0. The Bertz CT molecular complexity index is 795. The lowest BCUT2D eigenvalue weighted by atomic mass is 10.1. The van der Waals surface area contributed by atoms with E-state index >= 15 is 0 Å². The zero-order valence-electron chi connectivity index (χ0n) is 12.1. The van der Waals surface area contributed by atoms with Gasteiger partial charge in [-0.3, -0.25) is 4.79 Å². The Balaban J connectivity index is 1.81. The van der Waals surface area contributed by atoms with Gasteiger partial charge >= 0.3 is 0 Å². The number of aryl methyl sites for hydroxylation is 2. The third-order valence-corrected chi connectivity index (χ3v) is 4.14. The molecule has 110 valence electrons. The monoisotopic (exact) mass is 311 g/mol. The minimum Gasteiger partial charge on any atom is -0.344 e. The molecule has 4 nitrogen and oxygen atoms in total. The molecule has 0 unspecified atom stereocenters. The number of nitrogens with zero attached hydrogens (tertiary/aromatic N) is 2. The maximum Gasteiger partial charge on any atom is 0.271 e. The van der Waals surface area contributed by atoms with E-state index in [4.69, 9.17) is 16.9 Å². The van der Waals surface area contributed by atoms with Gasteiger partial charge in [-0.1, -0.05) is 17.7 Å². The highest BCUT2D eigenvalue weighted by Crippen LogP contribution is 2.32.